The summed E-state index contributed by atoms with van der Waals surface area (Å²) in [5.74, 6) is 0.406. The summed E-state index contributed by atoms with van der Waals surface area (Å²) in [7, 11) is 0. The highest BCUT2D eigenvalue weighted by Gasteiger charge is 2.28. The van der Waals surface area contributed by atoms with Crippen molar-refractivity contribution >= 4 is 61.5 Å². The van der Waals surface area contributed by atoms with Gasteiger partial charge in [0.15, 0.2) is 0 Å². The third-order valence-electron chi connectivity index (χ3n) is 11.1. The Kier molecular flexibility index (Phi) is 6.94. The van der Waals surface area contributed by atoms with Crippen molar-refractivity contribution in [1.82, 2.24) is 0 Å². The minimum Gasteiger partial charge on any atom is -0.309 e. The van der Waals surface area contributed by atoms with Crippen molar-refractivity contribution in [2.24, 2.45) is 5.41 Å². The van der Waals surface area contributed by atoms with E-state index in [0.717, 1.165) is 17.8 Å². The number of benzene rings is 7. The van der Waals surface area contributed by atoms with Gasteiger partial charge in [-0.25, -0.2) is 0 Å². The average Bonchev–Trinajstić information content (AvgIpc) is 3.12. The fourth-order valence-corrected chi connectivity index (χ4v) is 8.56. The van der Waals surface area contributed by atoms with Crippen LogP contribution in [0.2, 0.25) is 0 Å². The number of hydrogen-bond donors (Lipinski definition) is 0. The number of fused-ring (bicyclic) bond motifs is 2. The van der Waals surface area contributed by atoms with Crippen LogP contribution in [-0.2, 0) is 0 Å². The second kappa shape index (κ2) is 11.3. The van der Waals surface area contributed by atoms with Crippen molar-refractivity contribution in [1.29, 1.82) is 0 Å². The van der Waals surface area contributed by atoms with E-state index in [4.69, 9.17) is 0 Å². The molecule has 0 saturated heterocycles. The van der Waals surface area contributed by atoms with Crippen LogP contribution in [0.4, 0.5) is 17.1 Å². The molecule has 50 heavy (non-hydrogen) atoms. The summed E-state index contributed by atoms with van der Waals surface area (Å²) in [6.45, 7) is 13.6. The van der Waals surface area contributed by atoms with Gasteiger partial charge in [0, 0.05) is 28.1 Å². The average molecular weight is 646 g/mol. The number of allylic oxidation sites excluding steroid dienone is 2. The van der Waals surface area contributed by atoms with E-state index in [1.807, 2.05) is 0 Å². The van der Waals surface area contributed by atoms with E-state index in [0.29, 0.717) is 5.92 Å². The Bertz CT molecular complexity index is 2560. The van der Waals surface area contributed by atoms with Gasteiger partial charge >= 0.3 is 0 Å². The Morgan fingerprint density at radius 2 is 1.18 bits per heavy atom. The highest BCUT2D eigenvalue weighted by Crippen LogP contribution is 2.49. The molecule has 1 nitrogen and oxygen atoms in total. The van der Waals surface area contributed by atoms with Crippen LogP contribution in [0.25, 0.3) is 55.6 Å². The van der Waals surface area contributed by atoms with Crippen molar-refractivity contribution in [3.8, 4) is 11.1 Å². The number of anilines is 3. The summed E-state index contributed by atoms with van der Waals surface area (Å²) in [6, 6.07) is 43.3. The molecule has 0 amide bonds. The molecule has 1 unspecified atom stereocenters. The molecule has 0 bridgehead atoms. The highest BCUT2D eigenvalue weighted by molar-refractivity contribution is 6.24. The predicted molar refractivity (Wildman–Crippen MR) is 216 cm³/mol. The van der Waals surface area contributed by atoms with Crippen molar-refractivity contribution < 1.29 is 0 Å². The van der Waals surface area contributed by atoms with Crippen LogP contribution in [0.15, 0.2) is 127 Å². The Balaban J connectivity index is 1.39. The molecule has 0 N–H and O–H groups in total. The molecular weight excluding hydrogens is 603 g/mol. The lowest BCUT2D eigenvalue weighted by molar-refractivity contribution is 0.517. The molecule has 244 valence electrons. The second-order valence-corrected chi connectivity index (χ2v) is 15.5. The first-order chi connectivity index (χ1) is 24.2. The molecule has 2 aliphatic rings. The quantitative estimate of drug-likeness (QED) is 0.172. The zero-order chi connectivity index (χ0) is 34.3. The van der Waals surface area contributed by atoms with Crippen LogP contribution in [0.3, 0.4) is 0 Å². The monoisotopic (exact) mass is 645 g/mol. The van der Waals surface area contributed by atoms with Gasteiger partial charge in [-0.1, -0.05) is 141 Å². The summed E-state index contributed by atoms with van der Waals surface area (Å²) >= 11 is 0. The van der Waals surface area contributed by atoms with Gasteiger partial charge in [0.1, 0.15) is 0 Å². The van der Waals surface area contributed by atoms with Gasteiger partial charge < -0.3 is 4.90 Å². The van der Waals surface area contributed by atoms with Gasteiger partial charge in [-0.15, -0.1) is 0 Å². The second-order valence-electron chi connectivity index (χ2n) is 15.5. The molecule has 7 aromatic rings. The van der Waals surface area contributed by atoms with Gasteiger partial charge in [0.05, 0.1) is 5.69 Å². The Hall–Kier alpha value is -5.40. The van der Waals surface area contributed by atoms with Crippen molar-refractivity contribution in [3.63, 3.8) is 0 Å². The maximum atomic E-state index is 2.55. The molecule has 9 rings (SSSR count). The zero-order valence-corrected chi connectivity index (χ0v) is 29.9. The summed E-state index contributed by atoms with van der Waals surface area (Å²) in [4.78, 5) is 2.46. The van der Waals surface area contributed by atoms with E-state index in [-0.39, 0.29) is 5.41 Å². The molecule has 0 spiro atoms. The number of rotatable bonds is 4. The smallest absolute Gasteiger partial charge is 0.0618 e. The first-order valence-corrected chi connectivity index (χ1v) is 18.0. The van der Waals surface area contributed by atoms with E-state index in [9.17, 15) is 0 Å². The SMILES string of the molecule is Cc1ccc(N(c2ccc(C)cc2)c2c3ccccc3c(-c3cc(C)c4c5c6c(ccc35)=CC(C(C)(C)C)=CC6CC=4)c3ccccc23)cc1. The van der Waals surface area contributed by atoms with Crippen molar-refractivity contribution in [2.45, 2.75) is 53.9 Å². The topological polar surface area (TPSA) is 3.24 Å². The van der Waals surface area contributed by atoms with Crippen LogP contribution < -0.4 is 15.3 Å². The van der Waals surface area contributed by atoms with Gasteiger partial charge in [-0.2, -0.15) is 0 Å². The first kappa shape index (κ1) is 30.6. The molecule has 1 atom stereocenters. The minimum atomic E-state index is 0.120. The Morgan fingerprint density at radius 1 is 0.620 bits per heavy atom. The summed E-state index contributed by atoms with van der Waals surface area (Å²) in [5.41, 5.74) is 13.1. The van der Waals surface area contributed by atoms with E-state index in [2.05, 4.69) is 180 Å². The predicted octanol–water partition coefficient (Wildman–Crippen LogP) is 12.2. The van der Waals surface area contributed by atoms with E-state index < -0.39 is 0 Å². The van der Waals surface area contributed by atoms with E-state index >= 15 is 0 Å². The molecule has 0 aliphatic heterocycles. The van der Waals surface area contributed by atoms with Crippen LogP contribution in [0.5, 0.6) is 0 Å². The zero-order valence-electron chi connectivity index (χ0n) is 29.9. The minimum absolute atomic E-state index is 0.120. The number of hydrogen-bond acceptors (Lipinski definition) is 1. The lowest BCUT2D eigenvalue weighted by atomic mass is 9.74. The van der Waals surface area contributed by atoms with Gasteiger partial charge in [0.2, 0.25) is 0 Å². The molecular formula is C49H43N. The standard InChI is InChI=1S/C49H43N/c1-30-15-21-36(22-16-30)50(37-23-17-31(2)18-24-37)48-42-13-9-7-11-39(42)46(40-12-8-10-14-43(40)48)44-27-32(3)38-25-19-33-28-35(49(4,5)6)29-34-20-26-41(44)47(38)45(33)34/h7-18,20-29,33H,19H2,1-6H3. The van der Waals surface area contributed by atoms with E-state index in [1.165, 1.54) is 87.4 Å². The molecule has 2 aliphatic carbocycles. The summed E-state index contributed by atoms with van der Waals surface area (Å²) in [5, 5.41) is 10.6. The van der Waals surface area contributed by atoms with Gasteiger partial charge in [-0.05, 0) is 117 Å². The largest absolute Gasteiger partial charge is 0.309 e. The number of aryl methyl sites for hydroxylation is 3. The fraction of sp³-hybridized carbons (Fsp3) is 0.184. The molecule has 0 radical (unpaired) electrons. The lowest BCUT2D eigenvalue weighted by Crippen LogP contribution is -2.27. The molecule has 0 aromatic heterocycles. The van der Waals surface area contributed by atoms with Gasteiger partial charge in [0.25, 0.3) is 0 Å². The summed E-state index contributed by atoms with van der Waals surface area (Å²) in [6.07, 6.45) is 8.56. The number of nitrogens with zero attached hydrogens (tertiary/aromatic N) is 1. The highest BCUT2D eigenvalue weighted by atomic mass is 15.1. The fourth-order valence-electron chi connectivity index (χ4n) is 8.56. The normalized spacial score (nSPS) is 15.2. The molecule has 0 fully saturated rings. The maximum Gasteiger partial charge on any atom is 0.0618 e. The lowest BCUT2D eigenvalue weighted by Gasteiger charge is -2.31. The van der Waals surface area contributed by atoms with Crippen molar-refractivity contribution in [3.05, 3.63) is 160 Å². The molecule has 1 heteroatoms. The third kappa shape index (κ3) is 4.75. The van der Waals surface area contributed by atoms with Crippen LogP contribution in [-0.4, -0.2) is 0 Å². The van der Waals surface area contributed by atoms with E-state index in [1.54, 1.807) is 0 Å². The van der Waals surface area contributed by atoms with Crippen molar-refractivity contribution in [2.75, 3.05) is 4.90 Å². The van der Waals surface area contributed by atoms with Crippen LogP contribution in [0.1, 0.15) is 55.4 Å². The van der Waals surface area contributed by atoms with Crippen LogP contribution >= 0.6 is 0 Å². The molecule has 0 heterocycles. The molecule has 7 aromatic carbocycles. The summed E-state index contributed by atoms with van der Waals surface area (Å²) < 4.78 is 0. The van der Waals surface area contributed by atoms with Crippen LogP contribution in [0, 0.1) is 26.2 Å². The Labute approximate surface area is 295 Å². The Morgan fingerprint density at radius 3 is 1.74 bits per heavy atom. The van der Waals surface area contributed by atoms with Gasteiger partial charge in [-0.3, -0.25) is 0 Å². The first-order valence-electron chi connectivity index (χ1n) is 18.0. The maximum absolute atomic E-state index is 2.55. The molecule has 0 saturated carbocycles. The third-order valence-corrected chi connectivity index (χ3v) is 11.1.